The molecular formula is C21H28N2O3. The molecule has 3 rings (SSSR count). The molecule has 0 saturated carbocycles. The van der Waals surface area contributed by atoms with Gasteiger partial charge in [-0.05, 0) is 44.1 Å². The van der Waals surface area contributed by atoms with Gasteiger partial charge in [0.25, 0.3) is 0 Å². The number of aryl methyl sites for hydroxylation is 1. The Morgan fingerprint density at radius 1 is 1.35 bits per heavy atom. The van der Waals surface area contributed by atoms with Crippen LogP contribution >= 0.6 is 0 Å². The molecule has 0 bridgehead atoms. The zero-order valence-electron chi connectivity index (χ0n) is 15.7. The first kappa shape index (κ1) is 18.6. The highest BCUT2D eigenvalue weighted by Gasteiger charge is 2.17. The first-order chi connectivity index (χ1) is 12.6. The van der Waals surface area contributed by atoms with E-state index in [-0.39, 0.29) is 18.2 Å². The van der Waals surface area contributed by atoms with Gasteiger partial charge in [0.1, 0.15) is 6.54 Å². The van der Waals surface area contributed by atoms with E-state index >= 15 is 0 Å². The molecule has 1 aliphatic heterocycles. The number of Topliss-reactive ketones (excluding diaryl/α,β-unsaturated/α-hetero) is 1. The summed E-state index contributed by atoms with van der Waals surface area (Å²) in [6.45, 7) is 6.24. The number of nitrogens with one attached hydrogen (secondary N) is 1. The number of carbonyl (C=O) groups is 2. The Labute approximate surface area is 154 Å². The largest absolute Gasteiger partial charge is 0.381 e. The van der Waals surface area contributed by atoms with E-state index in [1.807, 2.05) is 22.9 Å². The summed E-state index contributed by atoms with van der Waals surface area (Å²) in [6.07, 6.45) is 5.93. The van der Waals surface area contributed by atoms with E-state index in [0.717, 1.165) is 48.9 Å². The molecule has 2 aromatic rings. The van der Waals surface area contributed by atoms with Gasteiger partial charge in [-0.3, -0.25) is 9.59 Å². The SMILES string of the molecule is CCc1cccc2c(C(C)=O)cn(CC(=O)NCC[C@H]3CCCOC3)c12. The van der Waals surface area contributed by atoms with Crippen molar-refractivity contribution < 1.29 is 14.3 Å². The fourth-order valence-corrected chi connectivity index (χ4v) is 3.79. The quantitative estimate of drug-likeness (QED) is 0.774. The van der Waals surface area contributed by atoms with Gasteiger partial charge in [-0.15, -0.1) is 0 Å². The summed E-state index contributed by atoms with van der Waals surface area (Å²) in [4.78, 5) is 24.4. The molecule has 0 spiro atoms. The van der Waals surface area contributed by atoms with E-state index in [2.05, 4.69) is 18.3 Å². The van der Waals surface area contributed by atoms with Crippen LogP contribution < -0.4 is 5.32 Å². The Balaban J connectivity index is 1.69. The number of hydrogen-bond acceptors (Lipinski definition) is 3. The number of ether oxygens (including phenoxy) is 1. The van der Waals surface area contributed by atoms with Crippen LogP contribution in [0.3, 0.4) is 0 Å². The molecule has 1 amide bonds. The lowest BCUT2D eigenvalue weighted by atomic mass is 9.99. The first-order valence-electron chi connectivity index (χ1n) is 9.56. The van der Waals surface area contributed by atoms with Crippen LogP contribution in [-0.4, -0.2) is 36.0 Å². The fourth-order valence-electron chi connectivity index (χ4n) is 3.79. The Morgan fingerprint density at radius 2 is 2.19 bits per heavy atom. The maximum atomic E-state index is 12.4. The van der Waals surface area contributed by atoms with Gasteiger partial charge in [0.2, 0.25) is 5.91 Å². The van der Waals surface area contributed by atoms with E-state index in [9.17, 15) is 9.59 Å². The van der Waals surface area contributed by atoms with Crippen molar-refractivity contribution in [1.29, 1.82) is 0 Å². The van der Waals surface area contributed by atoms with Gasteiger partial charge >= 0.3 is 0 Å². The number of hydrogen-bond donors (Lipinski definition) is 1. The van der Waals surface area contributed by atoms with E-state index in [1.165, 1.54) is 6.42 Å². The van der Waals surface area contributed by atoms with Crippen molar-refractivity contribution in [2.45, 2.75) is 46.1 Å². The maximum Gasteiger partial charge on any atom is 0.239 e. The predicted octanol–water partition coefficient (Wildman–Crippen LogP) is 3.34. The molecule has 1 aromatic carbocycles. The van der Waals surface area contributed by atoms with Crippen LogP contribution in [0.4, 0.5) is 0 Å². The van der Waals surface area contributed by atoms with Crippen molar-refractivity contribution in [3.63, 3.8) is 0 Å². The number of para-hydroxylation sites is 1. The summed E-state index contributed by atoms with van der Waals surface area (Å²) in [6, 6.07) is 6.00. The van der Waals surface area contributed by atoms with E-state index in [4.69, 9.17) is 4.74 Å². The average Bonchev–Trinajstić information content (AvgIpc) is 3.01. The molecule has 140 valence electrons. The van der Waals surface area contributed by atoms with Crippen LogP contribution in [0.5, 0.6) is 0 Å². The summed E-state index contributed by atoms with van der Waals surface area (Å²) in [5.74, 6) is 0.562. The third-order valence-electron chi connectivity index (χ3n) is 5.19. The summed E-state index contributed by atoms with van der Waals surface area (Å²) >= 11 is 0. The van der Waals surface area contributed by atoms with E-state index in [1.54, 1.807) is 6.92 Å². The van der Waals surface area contributed by atoms with Crippen LogP contribution in [-0.2, 0) is 22.5 Å². The van der Waals surface area contributed by atoms with E-state index < -0.39 is 0 Å². The Morgan fingerprint density at radius 3 is 2.88 bits per heavy atom. The summed E-state index contributed by atoms with van der Waals surface area (Å²) in [5.41, 5.74) is 2.83. The highest BCUT2D eigenvalue weighted by atomic mass is 16.5. The van der Waals surface area contributed by atoms with Crippen LogP contribution in [0, 0.1) is 5.92 Å². The van der Waals surface area contributed by atoms with Crippen molar-refractivity contribution in [3.05, 3.63) is 35.5 Å². The Hall–Kier alpha value is -2.14. The molecule has 1 atom stereocenters. The lowest BCUT2D eigenvalue weighted by Gasteiger charge is -2.21. The van der Waals surface area contributed by atoms with Gasteiger partial charge < -0.3 is 14.6 Å². The second-order valence-corrected chi connectivity index (χ2v) is 7.12. The maximum absolute atomic E-state index is 12.4. The van der Waals surface area contributed by atoms with Crippen LogP contribution in [0.15, 0.2) is 24.4 Å². The van der Waals surface area contributed by atoms with Gasteiger partial charge in [-0.25, -0.2) is 0 Å². The van der Waals surface area contributed by atoms with Crippen molar-refractivity contribution in [1.82, 2.24) is 9.88 Å². The van der Waals surface area contributed by atoms with Crippen molar-refractivity contribution in [2.24, 2.45) is 5.92 Å². The van der Waals surface area contributed by atoms with Crippen LogP contribution in [0.1, 0.15) is 49.0 Å². The van der Waals surface area contributed by atoms with Gasteiger partial charge in [-0.2, -0.15) is 0 Å². The molecule has 0 aliphatic carbocycles. The third kappa shape index (κ3) is 4.15. The molecule has 26 heavy (non-hydrogen) atoms. The molecule has 1 fully saturated rings. The fraction of sp³-hybridized carbons (Fsp3) is 0.524. The van der Waals surface area contributed by atoms with Crippen LogP contribution in [0.2, 0.25) is 0 Å². The normalized spacial score (nSPS) is 17.4. The van der Waals surface area contributed by atoms with Gasteiger partial charge in [0.15, 0.2) is 5.78 Å². The number of amides is 1. The van der Waals surface area contributed by atoms with Crippen LogP contribution in [0.25, 0.3) is 10.9 Å². The Kier molecular flexibility index (Phi) is 6.09. The molecule has 5 heteroatoms. The zero-order chi connectivity index (χ0) is 18.5. The molecule has 1 aliphatic rings. The molecule has 2 heterocycles. The minimum atomic E-state index is -0.0142. The lowest BCUT2D eigenvalue weighted by Crippen LogP contribution is -2.30. The minimum absolute atomic E-state index is 0.0142. The number of rotatable bonds is 7. The molecule has 0 unspecified atom stereocenters. The summed E-state index contributed by atoms with van der Waals surface area (Å²) < 4.78 is 7.41. The number of benzene rings is 1. The number of carbonyl (C=O) groups excluding carboxylic acids is 2. The van der Waals surface area contributed by atoms with E-state index in [0.29, 0.717) is 18.0 Å². The molecular weight excluding hydrogens is 328 g/mol. The van der Waals surface area contributed by atoms with Gasteiger partial charge in [-0.1, -0.05) is 25.1 Å². The highest BCUT2D eigenvalue weighted by molar-refractivity contribution is 6.07. The molecule has 5 nitrogen and oxygen atoms in total. The highest BCUT2D eigenvalue weighted by Crippen LogP contribution is 2.26. The third-order valence-corrected chi connectivity index (χ3v) is 5.19. The van der Waals surface area contributed by atoms with Gasteiger partial charge in [0, 0.05) is 36.9 Å². The predicted molar refractivity (Wildman–Crippen MR) is 102 cm³/mol. The number of aromatic nitrogens is 1. The van der Waals surface area contributed by atoms with Crippen molar-refractivity contribution in [2.75, 3.05) is 19.8 Å². The molecule has 1 aromatic heterocycles. The number of ketones is 1. The van der Waals surface area contributed by atoms with Crippen molar-refractivity contribution >= 4 is 22.6 Å². The first-order valence-corrected chi connectivity index (χ1v) is 9.56. The van der Waals surface area contributed by atoms with Gasteiger partial charge in [0.05, 0.1) is 5.52 Å². The van der Waals surface area contributed by atoms with Crippen molar-refractivity contribution in [3.8, 4) is 0 Å². The Bertz CT molecular complexity index is 788. The minimum Gasteiger partial charge on any atom is -0.381 e. The molecule has 1 N–H and O–H groups in total. The monoisotopic (exact) mass is 356 g/mol. The smallest absolute Gasteiger partial charge is 0.239 e. The molecule has 0 radical (unpaired) electrons. The number of fused-ring (bicyclic) bond motifs is 1. The standard InChI is InChI=1S/C21H28N2O3/c1-3-17-7-4-8-18-19(15(2)24)12-23(21(17)18)13-20(25)22-10-9-16-6-5-11-26-14-16/h4,7-8,12,16H,3,5-6,9-11,13-14H2,1-2H3,(H,22,25)/t16-/m1/s1. The average molecular weight is 356 g/mol. The topological polar surface area (TPSA) is 60.3 Å². The number of nitrogens with zero attached hydrogens (tertiary/aromatic N) is 1. The second kappa shape index (κ2) is 8.49. The summed E-state index contributed by atoms with van der Waals surface area (Å²) in [5, 5.41) is 3.95. The molecule has 1 saturated heterocycles. The second-order valence-electron chi connectivity index (χ2n) is 7.12. The zero-order valence-corrected chi connectivity index (χ0v) is 15.7. The lowest BCUT2D eigenvalue weighted by molar-refractivity contribution is -0.121. The summed E-state index contributed by atoms with van der Waals surface area (Å²) in [7, 11) is 0.